The van der Waals surface area contributed by atoms with Crippen LogP contribution in [0.5, 0.6) is 0 Å². The predicted octanol–water partition coefficient (Wildman–Crippen LogP) is 5.66. The van der Waals surface area contributed by atoms with Crippen molar-refractivity contribution in [2.45, 2.75) is 6.92 Å². The molecule has 6 heteroatoms. The van der Waals surface area contributed by atoms with E-state index >= 15 is 0 Å². The number of thiophene rings is 1. The lowest BCUT2D eigenvalue weighted by Crippen LogP contribution is -2.10. The Morgan fingerprint density at radius 2 is 1.95 bits per heavy atom. The lowest BCUT2D eigenvalue weighted by molar-refractivity contribution is 0.885. The van der Waals surface area contributed by atoms with Crippen molar-refractivity contribution in [2.75, 3.05) is 0 Å². The average molecular weight is 355 g/mol. The molecule has 0 fully saturated rings. The highest BCUT2D eigenvalue weighted by molar-refractivity contribution is 7.19. The molecule has 0 aliphatic heterocycles. The van der Waals surface area contributed by atoms with E-state index in [4.69, 9.17) is 23.2 Å². The van der Waals surface area contributed by atoms with Crippen molar-refractivity contribution in [1.29, 1.82) is 0 Å². The number of nitrogens with zero attached hydrogens (tertiary/aromatic N) is 2. The van der Waals surface area contributed by atoms with Crippen molar-refractivity contribution < 1.29 is 0 Å². The third kappa shape index (κ3) is 3.09. The largest absolute Gasteiger partial charge is 0.319 e. The molecular formula is C15H12Cl2N2S2. The zero-order valence-corrected chi connectivity index (χ0v) is 14.6. The summed E-state index contributed by atoms with van der Waals surface area (Å²) < 4.78 is 2.86. The monoisotopic (exact) mass is 354 g/mol. The van der Waals surface area contributed by atoms with Gasteiger partial charge in [0.15, 0.2) is 4.80 Å². The van der Waals surface area contributed by atoms with Crippen LogP contribution in [0.1, 0.15) is 5.56 Å². The second-order valence-electron chi connectivity index (χ2n) is 4.61. The van der Waals surface area contributed by atoms with Gasteiger partial charge in [0.1, 0.15) is 0 Å². The molecule has 2 aromatic heterocycles. The van der Waals surface area contributed by atoms with Gasteiger partial charge < -0.3 is 4.57 Å². The molecule has 108 valence electrons. The first-order valence-electron chi connectivity index (χ1n) is 6.26. The van der Waals surface area contributed by atoms with E-state index in [0.717, 1.165) is 36.0 Å². The van der Waals surface area contributed by atoms with Crippen molar-refractivity contribution in [3.05, 3.63) is 55.4 Å². The van der Waals surface area contributed by atoms with Crippen LogP contribution in [0.3, 0.4) is 0 Å². The SMILES string of the molecule is Cc1ccc(N=c2scc(-c3ccc(Cl)s3)n2C)cc1Cl. The molecule has 0 atom stereocenters. The molecular weight excluding hydrogens is 343 g/mol. The first-order valence-corrected chi connectivity index (χ1v) is 8.71. The molecule has 3 rings (SSSR count). The van der Waals surface area contributed by atoms with Crippen LogP contribution in [-0.2, 0) is 7.05 Å². The summed E-state index contributed by atoms with van der Waals surface area (Å²) in [5, 5.41) is 2.83. The molecule has 0 unspecified atom stereocenters. The number of aromatic nitrogens is 1. The Kier molecular flexibility index (Phi) is 4.22. The normalized spacial score (nSPS) is 12.1. The fourth-order valence-corrected chi connectivity index (χ4v) is 4.17. The van der Waals surface area contributed by atoms with Gasteiger partial charge in [-0.25, -0.2) is 4.99 Å². The molecule has 0 aliphatic rings. The van der Waals surface area contributed by atoms with Gasteiger partial charge >= 0.3 is 0 Å². The van der Waals surface area contributed by atoms with Crippen molar-refractivity contribution in [2.24, 2.45) is 12.0 Å². The van der Waals surface area contributed by atoms with Crippen molar-refractivity contribution in [1.82, 2.24) is 4.57 Å². The van der Waals surface area contributed by atoms with Crippen LogP contribution >= 0.6 is 45.9 Å². The summed E-state index contributed by atoms with van der Waals surface area (Å²) in [5.74, 6) is 0. The molecule has 0 saturated carbocycles. The molecule has 0 aliphatic carbocycles. The number of benzene rings is 1. The van der Waals surface area contributed by atoms with Crippen LogP contribution in [0.15, 0.2) is 40.7 Å². The second-order valence-corrected chi connectivity index (χ2v) is 7.57. The molecule has 2 heterocycles. The minimum atomic E-state index is 0.737. The van der Waals surface area contributed by atoms with Crippen LogP contribution in [0.4, 0.5) is 5.69 Å². The Bertz CT molecular complexity index is 859. The maximum absolute atomic E-state index is 6.15. The van der Waals surface area contributed by atoms with E-state index in [1.165, 1.54) is 0 Å². The van der Waals surface area contributed by atoms with Crippen LogP contribution < -0.4 is 4.80 Å². The first kappa shape index (κ1) is 14.9. The number of rotatable bonds is 2. The summed E-state index contributed by atoms with van der Waals surface area (Å²) in [5.41, 5.74) is 3.03. The Morgan fingerprint density at radius 1 is 1.14 bits per heavy atom. The van der Waals surface area contributed by atoms with Crippen LogP contribution in [0, 0.1) is 6.92 Å². The summed E-state index contributed by atoms with van der Waals surface area (Å²) in [4.78, 5) is 6.73. The Labute approximate surface area is 140 Å². The Balaban J connectivity index is 2.05. The summed E-state index contributed by atoms with van der Waals surface area (Å²) >= 11 is 15.3. The van der Waals surface area contributed by atoms with Crippen LogP contribution in [0.25, 0.3) is 10.6 Å². The molecule has 3 aromatic rings. The van der Waals surface area contributed by atoms with Crippen molar-refractivity contribution in [3.63, 3.8) is 0 Å². The summed E-state index contributed by atoms with van der Waals surface area (Å²) in [7, 11) is 2.01. The smallest absolute Gasteiger partial charge is 0.190 e. The molecule has 0 bridgehead atoms. The number of aryl methyl sites for hydroxylation is 1. The van der Waals surface area contributed by atoms with E-state index in [1.807, 2.05) is 44.3 Å². The van der Waals surface area contributed by atoms with Gasteiger partial charge in [-0.1, -0.05) is 29.3 Å². The van der Waals surface area contributed by atoms with Gasteiger partial charge in [-0.15, -0.1) is 22.7 Å². The highest BCUT2D eigenvalue weighted by atomic mass is 35.5. The summed E-state index contributed by atoms with van der Waals surface area (Å²) in [6, 6.07) is 9.78. The maximum Gasteiger partial charge on any atom is 0.190 e. The predicted molar refractivity (Wildman–Crippen MR) is 93.0 cm³/mol. The van der Waals surface area contributed by atoms with E-state index in [-0.39, 0.29) is 0 Å². The Hall–Kier alpha value is -1.07. The maximum atomic E-state index is 6.15. The van der Waals surface area contributed by atoms with Crippen molar-refractivity contribution >= 4 is 51.6 Å². The Morgan fingerprint density at radius 3 is 2.62 bits per heavy atom. The fourth-order valence-electron chi connectivity index (χ4n) is 1.91. The summed E-state index contributed by atoms with van der Waals surface area (Å²) in [6.45, 7) is 1.98. The summed E-state index contributed by atoms with van der Waals surface area (Å²) in [6.07, 6.45) is 0. The average Bonchev–Trinajstić information content (AvgIpc) is 3.01. The topological polar surface area (TPSA) is 17.3 Å². The fraction of sp³-hybridized carbons (Fsp3) is 0.133. The molecule has 1 aromatic carbocycles. The highest BCUT2D eigenvalue weighted by Gasteiger charge is 2.07. The highest BCUT2D eigenvalue weighted by Crippen LogP contribution is 2.31. The second kappa shape index (κ2) is 5.97. The van der Waals surface area contributed by atoms with E-state index < -0.39 is 0 Å². The molecule has 0 amide bonds. The van der Waals surface area contributed by atoms with Gasteiger partial charge in [0.2, 0.25) is 0 Å². The van der Waals surface area contributed by atoms with Gasteiger partial charge in [0.25, 0.3) is 0 Å². The van der Waals surface area contributed by atoms with Gasteiger partial charge in [-0.2, -0.15) is 0 Å². The minimum absolute atomic E-state index is 0.737. The third-order valence-corrected chi connectivity index (χ3v) is 5.71. The number of halogens is 2. The van der Waals surface area contributed by atoms with E-state index in [2.05, 4.69) is 14.9 Å². The number of hydrogen-bond donors (Lipinski definition) is 0. The zero-order valence-electron chi connectivity index (χ0n) is 11.4. The van der Waals surface area contributed by atoms with Gasteiger partial charge in [-0.05, 0) is 36.8 Å². The van der Waals surface area contributed by atoms with E-state index in [0.29, 0.717) is 0 Å². The first-order chi connectivity index (χ1) is 10.0. The molecule has 0 spiro atoms. The van der Waals surface area contributed by atoms with Crippen LogP contribution in [0.2, 0.25) is 9.36 Å². The standard InChI is InChI=1S/C15H12Cl2N2S2/c1-9-3-4-10(7-11(9)16)18-15-19(2)12(8-20-15)13-5-6-14(17)21-13/h3-8H,1-2H3. The minimum Gasteiger partial charge on any atom is -0.319 e. The van der Waals surface area contributed by atoms with Crippen LogP contribution in [-0.4, -0.2) is 4.57 Å². The van der Waals surface area contributed by atoms with Gasteiger partial charge in [0.05, 0.1) is 20.6 Å². The third-order valence-electron chi connectivity index (χ3n) is 3.13. The quantitative estimate of drug-likeness (QED) is 0.564. The number of thiazole rings is 1. The molecule has 21 heavy (non-hydrogen) atoms. The molecule has 0 N–H and O–H groups in total. The molecule has 2 nitrogen and oxygen atoms in total. The van der Waals surface area contributed by atoms with Crippen molar-refractivity contribution in [3.8, 4) is 10.6 Å². The number of hydrogen-bond acceptors (Lipinski definition) is 3. The zero-order chi connectivity index (χ0) is 15.0. The van der Waals surface area contributed by atoms with E-state index in [1.54, 1.807) is 22.7 Å². The molecule has 0 radical (unpaired) electrons. The van der Waals surface area contributed by atoms with E-state index in [9.17, 15) is 0 Å². The van der Waals surface area contributed by atoms with Gasteiger partial charge in [0, 0.05) is 17.5 Å². The van der Waals surface area contributed by atoms with Gasteiger partial charge in [-0.3, -0.25) is 0 Å². The molecule has 0 saturated heterocycles. The lowest BCUT2D eigenvalue weighted by Gasteiger charge is -2.00. The lowest BCUT2D eigenvalue weighted by atomic mass is 10.2.